The third kappa shape index (κ3) is 7.30. The number of carbonyl (C=O) groups excluding carboxylic acids is 2. The monoisotopic (exact) mass is 491 g/mol. The third-order valence-electron chi connectivity index (χ3n) is 5.65. The zero-order valence-corrected chi connectivity index (χ0v) is 22.2. The van der Waals surface area contributed by atoms with Crippen LogP contribution in [-0.2, 0) is 13.0 Å². The van der Waals surface area contributed by atoms with Gasteiger partial charge in [0.2, 0.25) is 0 Å². The number of rotatable bonds is 8. The summed E-state index contributed by atoms with van der Waals surface area (Å²) in [6.45, 7) is 1.01. The van der Waals surface area contributed by atoms with Crippen LogP contribution in [0.15, 0.2) is 103 Å². The van der Waals surface area contributed by atoms with Gasteiger partial charge in [0.1, 0.15) is 0 Å². The van der Waals surface area contributed by atoms with Gasteiger partial charge in [0, 0.05) is 23.7 Å². The maximum atomic E-state index is 13.4. The predicted molar refractivity (Wildman–Crippen MR) is 133 cm³/mol. The second-order valence-electron chi connectivity index (χ2n) is 8.03. The Balaban J connectivity index is 0.00000342. The van der Waals surface area contributed by atoms with Crippen LogP contribution in [-0.4, -0.2) is 23.3 Å². The zero-order valence-electron chi connectivity index (χ0n) is 19.5. The molecule has 0 aromatic heterocycles. The standard InChI is InChI=1S/C29H24ClNO3.Na/c30-27-15-13-24(14-16-27)28(32)31(18-17-21-5-2-1-3-6-21)20-22-7-4-8-26(19-22)23-9-11-25(12-10-23)29(33)34;/h1-16,19H,17-18,20H2,(H,33,34);/q;+1/p-1. The fourth-order valence-electron chi connectivity index (χ4n) is 3.80. The molecule has 35 heavy (non-hydrogen) atoms. The van der Waals surface area contributed by atoms with E-state index in [1.807, 2.05) is 47.4 Å². The Morgan fingerprint density at radius 1 is 0.714 bits per heavy atom. The minimum Gasteiger partial charge on any atom is -0.545 e. The number of hydrogen-bond acceptors (Lipinski definition) is 3. The minimum atomic E-state index is -1.20. The number of hydrogen-bond donors (Lipinski definition) is 0. The topological polar surface area (TPSA) is 60.4 Å². The fraction of sp³-hybridized carbons (Fsp3) is 0.103. The molecule has 0 aliphatic carbocycles. The normalized spacial score (nSPS) is 10.3. The zero-order chi connectivity index (χ0) is 23.9. The second-order valence-corrected chi connectivity index (χ2v) is 8.47. The molecule has 0 heterocycles. The smallest absolute Gasteiger partial charge is 0.545 e. The van der Waals surface area contributed by atoms with Crippen LogP contribution in [0.25, 0.3) is 11.1 Å². The van der Waals surface area contributed by atoms with Crippen LogP contribution in [0.4, 0.5) is 0 Å². The van der Waals surface area contributed by atoms with Crippen molar-refractivity contribution in [3.05, 3.63) is 130 Å². The van der Waals surface area contributed by atoms with Crippen molar-refractivity contribution in [2.24, 2.45) is 0 Å². The van der Waals surface area contributed by atoms with Gasteiger partial charge in [0.05, 0.1) is 5.97 Å². The first-order valence-corrected chi connectivity index (χ1v) is 11.4. The van der Waals surface area contributed by atoms with Crippen molar-refractivity contribution in [1.29, 1.82) is 0 Å². The molecule has 0 bridgehead atoms. The Morgan fingerprint density at radius 3 is 2.00 bits per heavy atom. The van der Waals surface area contributed by atoms with Crippen LogP contribution < -0.4 is 34.7 Å². The molecule has 170 valence electrons. The molecule has 0 aliphatic heterocycles. The molecule has 0 radical (unpaired) electrons. The van der Waals surface area contributed by atoms with Crippen molar-refractivity contribution in [2.75, 3.05) is 6.54 Å². The van der Waals surface area contributed by atoms with Gasteiger partial charge in [0.25, 0.3) is 5.91 Å². The van der Waals surface area contributed by atoms with Crippen LogP contribution in [0.2, 0.25) is 5.02 Å². The first-order valence-electron chi connectivity index (χ1n) is 11.0. The average molecular weight is 492 g/mol. The molecule has 4 rings (SSSR count). The van der Waals surface area contributed by atoms with Gasteiger partial charge in [-0.3, -0.25) is 4.79 Å². The first kappa shape index (κ1) is 26.7. The van der Waals surface area contributed by atoms with E-state index < -0.39 is 5.97 Å². The maximum absolute atomic E-state index is 13.4. The molecule has 0 saturated carbocycles. The van der Waals surface area contributed by atoms with Gasteiger partial charge in [-0.25, -0.2) is 0 Å². The summed E-state index contributed by atoms with van der Waals surface area (Å²) in [6.07, 6.45) is 0.741. The predicted octanol–water partition coefficient (Wildman–Crippen LogP) is 2.26. The summed E-state index contributed by atoms with van der Waals surface area (Å²) in [5.74, 6) is -1.26. The molecular weight excluding hydrogens is 469 g/mol. The Morgan fingerprint density at radius 2 is 1.34 bits per heavy atom. The molecule has 0 unspecified atom stereocenters. The average Bonchev–Trinajstić information content (AvgIpc) is 2.87. The van der Waals surface area contributed by atoms with E-state index in [2.05, 4.69) is 12.1 Å². The first-order chi connectivity index (χ1) is 16.5. The van der Waals surface area contributed by atoms with E-state index in [-0.39, 0.29) is 41.0 Å². The molecule has 0 atom stereocenters. The number of halogens is 1. The molecule has 4 nitrogen and oxygen atoms in total. The SMILES string of the molecule is O=C([O-])c1ccc(-c2cccc(CN(CCc3ccccc3)C(=O)c3ccc(Cl)cc3)c2)cc1.[Na+]. The van der Waals surface area contributed by atoms with E-state index in [0.29, 0.717) is 23.7 Å². The van der Waals surface area contributed by atoms with E-state index in [9.17, 15) is 14.7 Å². The number of benzene rings is 4. The van der Waals surface area contributed by atoms with Crippen molar-refractivity contribution in [1.82, 2.24) is 4.90 Å². The molecule has 1 amide bonds. The van der Waals surface area contributed by atoms with Gasteiger partial charge in [0.15, 0.2) is 0 Å². The number of carboxylic acids is 1. The van der Waals surface area contributed by atoms with Crippen molar-refractivity contribution in [2.45, 2.75) is 13.0 Å². The van der Waals surface area contributed by atoms with Crippen LogP contribution in [0, 0.1) is 0 Å². The maximum Gasteiger partial charge on any atom is 1.00 e. The molecule has 0 aliphatic rings. The number of aromatic carboxylic acids is 1. The van der Waals surface area contributed by atoms with Gasteiger partial charge < -0.3 is 14.8 Å². The number of carboxylic acid groups (broad SMARTS) is 1. The summed E-state index contributed by atoms with van der Waals surface area (Å²) < 4.78 is 0. The van der Waals surface area contributed by atoms with Crippen LogP contribution in [0.5, 0.6) is 0 Å². The Labute approximate surface area is 232 Å². The molecule has 4 aromatic rings. The summed E-state index contributed by atoms with van der Waals surface area (Å²) in [5, 5.41) is 11.6. The van der Waals surface area contributed by atoms with Gasteiger partial charge in [-0.05, 0) is 64.6 Å². The van der Waals surface area contributed by atoms with E-state index in [1.165, 1.54) is 12.1 Å². The summed E-state index contributed by atoms with van der Waals surface area (Å²) in [7, 11) is 0. The summed E-state index contributed by atoms with van der Waals surface area (Å²) in [4.78, 5) is 26.2. The molecule has 4 aromatic carbocycles. The van der Waals surface area contributed by atoms with E-state index in [1.54, 1.807) is 36.4 Å². The van der Waals surface area contributed by atoms with Gasteiger partial charge in [-0.15, -0.1) is 0 Å². The van der Waals surface area contributed by atoms with Crippen LogP contribution in [0.1, 0.15) is 31.8 Å². The molecule has 0 spiro atoms. The molecular formula is C29H23ClNNaO3. The third-order valence-corrected chi connectivity index (χ3v) is 5.90. The quantitative estimate of drug-likeness (QED) is 0.355. The van der Waals surface area contributed by atoms with Gasteiger partial charge in [-0.1, -0.05) is 84.4 Å². The summed E-state index contributed by atoms with van der Waals surface area (Å²) >= 11 is 6.01. The van der Waals surface area contributed by atoms with Gasteiger partial charge >= 0.3 is 29.6 Å². The second kappa shape index (κ2) is 12.7. The van der Waals surface area contributed by atoms with Crippen molar-refractivity contribution >= 4 is 23.5 Å². The van der Waals surface area contributed by atoms with Gasteiger partial charge in [-0.2, -0.15) is 0 Å². The Hall–Kier alpha value is -2.89. The molecule has 0 saturated heterocycles. The summed E-state index contributed by atoms with van der Waals surface area (Å²) in [5.41, 5.74) is 4.72. The van der Waals surface area contributed by atoms with Crippen molar-refractivity contribution < 1.29 is 44.3 Å². The Kier molecular flexibility index (Phi) is 9.70. The fourth-order valence-corrected chi connectivity index (χ4v) is 3.93. The number of amides is 1. The minimum absolute atomic E-state index is 0. The van der Waals surface area contributed by atoms with Crippen LogP contribution in [0.3, 0.4) is 0 Å². The van der Waals surface area contributed by atoms with E-state index in [0.717, 1.165) is 28.7 Å². The summed E-state index contributed by atoms with van der Waals surface area (Å²) in [6, 6.07) is 31.5. The van der Waals surface area contributed by atoms with Crippen molar-refractivity contribution in [3.8, 4) is 11.1 Å². The number of nitrogens with zero attached hydrogens (tertiary/aromatic N) is 1. The molecule has 0 fully saturated rings. The largest absolute Gasteiger partial charge is 1.00 e. The van der Waals surface area contributed by atoms with E-state index in [4.69, 9.17) is 11.6 Å². The molecule has 6 heteroatoms. The van der Waals surface area contributed by atoms with Crippen molar-refractivity contribution in [3.63, 3.8) is 0 Å². The Bertz CT molecular complexity index is 1280. The van der Waals surface area contributed by atoms with Crippen LogP contribution >= 0.6 is 11.6 Å². The molecule has 0 N–H and O–H groups in total. The van der Waals surface area contributed by atoms with E-state index >= 15 is 0 Å². The number of carbonyl (C=O) groups is 2.